The summed E-state index contributed by atoms with van der Waals surface area (Å²) in [6.07, 6.45) is 54.8. The van der Waals surface area contributed by atoms with E-state index in [1.807, 2.05) is 0 Å². The third kappa shape index (κ3) is 43.9. The smallest absolute Gasteiger partial charge is 0.463 e. The predicted molar refractivity (Wildman–Crippen MR) is 238 cm³/mol. The van der Waals surface area contributed by atoms with Crippen LogP contribution in [0.2, 0.25) is 0 Å². The number of phosphoric ester groups is 1. The summed E-state index contributed by atoms with van der Waals surface area (Å²) in [5.74, 6) is -0.586. The lowest BCUT2D eigenvalue weighted by Crippen LogP contribution is -2.27. The molecule has 9 nitrogen and oxygen atoms in total. The van der Waals surface area contributed by atoms with Gasteiger partial charge in [0.2, 0.25) is 5.91 Å². The number of hydrogen-bond donors (Lipinski definition) is 3. The zero-order chi connectivity index (χ0) is 41.8. The number of allylic oxidation sites excluding steroid dienone is 16. The molecule has 0 aliphatic carbocycles. The lowest BCUT2D eigenvalue weighted by atomic mass is 10.1. The molecule has 0 aromatic rings. The van der Waals surface area contributed by atoms with Crippen molar-refractivity contribution < 1.29 is 37.9 Å². The SMILES string of the molecule is CC/C=C\C/C=C\C/C=C\C/C=C\CCCCC(=O)OCC(O)COP(=O)(O)OCCNC(=O)CCCCCCC/C=C\C/C=C\C/C=C\C/C=C\CCCCC. The van der Waals surface area contributed by atoms with Gasteiger partial charge >= 0.3 is 13.8 Å². The maximum atomic E-state index is 12.1. The van der Waals surface area contributed by atoms with Crippen molar-refractivity contribution in [3.8, 4) is 0 Å². The van der Waals surface area contributed by atoms with Crippen molar-refractivity contribution in [1.29, 1.82) is 0 Å². The second kappa shape index (κ2) is 42.5. The quantitative estimate of drug-likeness (QED) is 0.0242. The number of aliphatic hydroxyl groups excluding tert-OH is 1. The first-order valence-electron chi connectivity index (χ1n) is 21.7. The van der Waals surface area contributed by atoms with Gasteiger partial charge in [-0.05, 0) is 96.3 Å². The summed E-state index contributed by atoms with van der Waals surface area (Å²) >= 11 is 0. The Morgan fingerprint density at radius 1 is 0.561 bits per heavy atom. The van der Waals surface area contributed by atoms with Crippen molar-refractivity contribution in [2.24, 2.45) is 0 Å². The van der Waals surface area contributed by atoms with Crippen LogP contribution in [0.4, 0.5) is 0 Å². The van der Waals surface area contributed by atoms with E-state index in [2.05, 4.69) is 116 Å². The van der Waals surface area contributed by atoms with Crippen molar-refractivity contribution >= 4 is 19.7 Å². The van der Waals surface area contributed by atoms with Crippen molar-refractivity contribution in [3.63, 3.8) is 0 Å². The van der Waals surface area contributed by atoms with Crippen LogP contribution in [0.25, 0.3) is 0 Å². The van der Waals surface area contributed by atoms with Crippen LogP contribution in [0, 0.1) is 0 Å². The van der Waals surface area contributed by atoms with Crippen LogP contribution < -0.4 is 5.32 Å². The van der Waals surface area contributed by atoms with Crippen LogP contribution in [-0.2, 0) is 27.9 Å². The van der Waals surface area contributed by atoms with E-state index < -0.39 is 26.5 Å². The number of hydrogen-bond acceptors (Lipinski definition) is 7. The van der Waals surface area contributed by atoms with Crippen molar-refractivity contribution in [2.75, 3.05) is 26.4 Å². The molecule has 57 heavy (non-hydrogen) atoms. The normalized spacial score (nSPS) is 14.2. The summed E-state index contributed by atoms with van der Waals surface area (Å²) in [5.41, 5.74) is 0. The number of phosphoric acid groups is 1. The number of unbranched alkanes of at least 4 members (excludes halogenated alkanes) is 10. The van der Waals surface area contributed by atoms with Crippen LogP contribution in [0.15, 0.2) is 97.2 Å². The molecule has 0 aliphatic heterocycles. The average Bonchev–Trinajstić information content (AvgIpc) is 3.20. The van der Waals surface area contributed by atoms with E-state index in [0.717, 1.165) is 96.3 Å². The first-order valence-corrected chi connectivity index (χ1v) is 23.2. The number of esters is 1. The fraction of sp³-hybridized carbons (Fsp3) is 0.617. The molecule has 3 N–H and O–H groups in total. The second-order valence-electron chi connectivity index (χ2n) is 13.9. The molecule has 0 heterocycles. The minimum atomic E-state index is -4.44. The van der Waals surface area contributed by atoms with Gasteiger partial charge in [0.25, 0.3) is 0 Å². The van der Waals surface area contributed by atoms with Gasteiger partial charge in [-0.1, -0.05) is 143 Å². The van der Waals surface area contributed by atoms with Crippen LogP contribution in [-0.4, -0.2) is 54.3 Å². The third-order valence-electron chi connectivity index (χ3n) is 8.50. The Morgan fingerprint density at radius 2 is 1.00 bits per heavy atom. The number of carbonyl (C=O) groups excluding carboxylic acids is 2. The fourth-order valence-electron chi connectivity index (χ4n) is 5.23. The Hall–Kier alpha value is -3.07. The zero-order valence-corrected chi connectivity index (χ0v) is 36.4. The minimum Gasteiger partial charge on any atom is -0.463 e. The Labute approximate surface area is 346 Å². The molecule has 0 bridgehead atoms. The molecule has 0 aromatic carbocycles. The molecule has 1 amide bonds. The van der Waals surface area contributed by atoms with E-state index in [9.17, 15) is 24.2 Å². The number of nitrogens with one attached hydrogen (secondary N) is 1. The highest BCUT2D eigenvalue weighted by Crippen LogP contribution is 2.42. The summed E-state index contributed by atoms with van der Waals surface area (Å²) in [5, 5.41) is 12.7. The molecule has 0 radical (unpaired) electrons. The van der Waals surface area contributed by atoms with Gasteiger partial charge in [0.05, 0.1) is 13.2 Å². The Morgan fingerprint density at radius 3 is 1.53 bits per heavy atom. The van der Waals surface area contributed by atoms with Crippen LogP contribution in [0.5, 0.6) is 0 Å². The maximum absolute atomic E-state index is 12.1. The summed E-state index contributed by atoms with van der Waals surface area (Å²) < 4.78 is 26.8. The molecule has 0 fully saturated rings. The first kappa shape index (κ1) is 53.9. The molecular formula is C47H78NO8P. The highest BCUT2D eigenvalue weighted by molar-refractivity contribution is 7.47. The predicted octanol–water partition coefficient (Wildman–Crippen LogP) is 12.2. The summed E-state index contributed by atoms with van der Waals surface area (Å²) in [6, 6.07) is 0. The van der Waals surface area contributed by atoms with E-state index in [1.165, 1.54) is 25.7 Å². The van der Waals surface area contributed by atoms with E-state index >= 15 is 0 Å². The highest BCUT2D eigenvalue weighted by atomic mass is 31.2. The molecular weight excluding hydrogens is 737 g/mol. The number of ether oxygens (including phenoxy) is 1. The molecule has 0 saturated carbocycles. The topological polar surface area (TPSA) is 131 Å². The number of amides is 1. The Bertz CT molecular complexity index is 1250. The molecule has 0 aliphatic rings. The van der Waals surface area contributed by atoms with Crippen molar-refractivity contribution in [2.45, 2.75) is 161 Å². The van der Waals surface area contributed by atoms with Gasteiger partial charge in [0.15, 0.2) is 0 Å². The zero-order valence-electron chi connectivity index (χ0n) is 35.5. The minimum absolute atomic E-state index is 0.0598. The van der Waals surface area contributed by atoms with E-state index in [0.29, 0.717) is 12.8 Å². The third-order valence-corrected chi connectivity index (χ3v) is 9.48. The molecule has 0 saturated heterocycles. The molecule has 0 rings (SSSR count). The monoisotopic (exact) mass is 816 g/mol. The van der Waals surface area contributed by atoms with E-state index in [4.69, 9.17) is 13.8 Å². The lowest BCUT2D eigenvalue weighted by Gasteiger charge is -2.15. The van der Waals surface area contributed by atoms with Crippen LogP contribution in [0.3, 0.4) is 0 Å². The Balaban J connectivity index is 3.71. The van der Waals surface area contributed by atoms with Gasteiger partial charge in [-0.25, -0.2) is 4.57 Å². The number of aliphatic hydroxyl groups is 1. The summed E-state index contributed by atoms with van der Waals surface area (Å²) in [4.78, 5) is 33.9. The van der Waals surface area contributed by atoms with Crippen LogP contribution in [0.1, 0.15) is 155 Å². The molecule has 2 unspecified atom stereocenters. The first-order chi connectivity index (χ1) is 27.8. The van der Waals surface area contributed by atoms with Gasteiger partial charge in [-0.3, -0.25) is 18.6 Å². The Kier molecular flexibility index (Phi) is 40.2. The van der Waals surface area contributed by atoms with Gasteiger partial charge in [-0.15, -0.1) is 0 Å². The largest absolute Gasteiger partial charge is 0.472 e. The maximum Gasteiger partial charge on any atom is 0.472 e. The average molecular weight is 816 g/mol. The van der Waals surface area contributed by atoms with Crippen LogP contribution >= 0.6 is 7.82 Å². The molecule has 324 valence electrons. The van der Waals surface area contributed by atoms with E-state index in [-0.39, 0.29) is 32.1 Å². The standard InChI is InChI=1S/C47H78NO8P/c1-3-5-7-9-11-13-15-17-19-20-21-22-23-24-26-27-29-31-33-35-37-39-46(50)48-41-42-55-57(52,53)56-44-45(49)43-54-47(51)40-38-36-34-32-30-28-25-18-16-14-12-10-8-6-4-2/h6,8,11-14,17-19,21-22,24-26,30,32,45,49H,3-5,7,9-10,15-16,20,23,27-29,31,33-44H2,1-2H3,(H,48,50)(H,52,53)/b8-6-,13-11-,14-12-,19-17-,22-21-,25-18-,26-24-,32-30-. The molecule has 0 aromatic heterocycles. The number of carbonyl (C=O) groups is 2. The molecule has 10 heteroatoms. The lowest BCUT2D eigenvalue weighted by molar-refractivity contribution is -0.147. The summed E-state index contributed by atoms with van der Waals surface area (Å²) in [6.45, 7) is 3.31. The second-order valence-corrected chi connectivity index (χ2v) is 15.4. The fourth-order valence-corrected chi connectivity index (χ4v) is 5.99. The van der Waals surface area contributed by atoms with E-state index in [1.54, 1.807) is 0 Å². The van der Waals surface area contributed by atoms with Gasteiger partial charge in [0, 0.05) is 19.4 Å². The molecule has 0 spiro atoms. The van der Waals surface area contributed by atoms with Gasteiger partial charge < -0.3 is 20.1 Å². The summed E-state index contributed by atoms with van der Waals surface area (Å²) in [7, 11) is -4.44. The highest BCUT2D eigenvalue weighted by Gasteiger charge is 2.23. The van der Waals surface area contributed by atoms with Gasteiger partial charge in [-0.2, -0.15) is 0 Å². The van der Waals surface area contributed by atoms with Crippen molar-refractivity contribution in [3.05, 3.63) is 97.2 Å². The number of rotatable bonds is 39. The molecule has 2 atom stereocenters. The van der Waals surface area contributed by atoms with Gasteiger partial charge in [0.1, 0.15) is 12.7 Å². The van der Waals surface area contributed by atoms with Crippen molar-refractivity contribution in [1.82, 2.24) is 5.32 Å².